The lowest BCUT2D eigenvalue weighted by Gasteiger charge is -2.11. The summed E-state index contributed by atoms with van der Waals surface area (Å²) in [5.41, 5.74) is 1.73. The van der Waals surface area contributed by atoms with Gasteiger partial charge >= 0.3 is 0 Å². The molecule has 1 N–H and O–H groups in total. The van der Waals surface area contributed by atoms with E-state index in [1.807, 2.05) is 42.5 Å². The minimum absolute atomic E-state index is 0.237. The lowest BCUT2D eigenvalue weighted by Crippen LogP contribution is -1.92. The maximum Gasteiger partial charge on any atom is 0.120 e. The summed E-state index contributed by atoms with van der Waals surface area (Å²) in [6.07, 6.45) is 0. The van der Waals surface area contributed by atoms with E-state index in [1.165, 1.54) is 0 Å². The molecule has 0 aromatic heterocycles. The van der Waals surface area contributed by atoms with Gasteiger partial charge in [0.2, 0.25) is 0 Å². The van der Waals surface area contributed by atoms with Gasteiger partial charge in [0.15, 0.2) is 0 Å². The zero-order valence-corrected chi connectivity index (χ0v) is 8.85. The summed E-state index contributed by atoms with van der Waals surface area (Å²) >= 11 is 6.28. The van der Waals surface area contributed by atoms with Crippen LogP contribution in [-0.4, -0.2) is 5.11 Å². The normalized spacial score (nSPS) is 12.3. The Morgan fingerprint density at radius 3 is 2.13 bits per heavy atom. The van der Waals surface area contributed by atoms with Crippen molar-refractivity contribution in [2.45, 2.75) is 5.38 Å². The first kappa shape index (κ1) is 10.1. The summed E-state index contributed by atoms with van der Waals surface area (Å²) in [5, 5.41) is 9.36. The topological polar surface area (TPSA) is 20.2 Å². The third kappa shape index (κ3) is 2.13. The molecule has 1 atom stereocenters. The van der Waals surface area contributed by atoms with Crippen LogP contribution in [0.1, 0.15) is 16.5 Å². The molecular weight excluding hydrogens is 208 g/mol. The van der Waals surface area contributed by atoms with E-state index in [0.717, 1.165) is 11.1 Å². The Labute approximate surface area is 94.0 Å². The van der Waals surface area contributed by atoms with E-state index in [1.54, 1.807) is 12.1 Å². The Kier molecular flexibility index (Phi) is 2.93. The van der Waals surface area contributed by atoms with Crippen molar-refractivity contribution in [3.8, 4) is 5.75 Å². The number of aromatic hydroxyl groups is 1. The van der Waals surface area contributed by atoms with E-state index in [2.05, 4.69) is 0 Å². The third-order valence-corrected chi connectivity index (χ3v) is 2.79. The molecule has 0 aliphatic heterocycles. The van der Waals surface area contributed by atoms with Crippen molar-refractivity contribution in [3.63, 3.8) is 0 Å². The Morgan fingerprint density at radius 2 is 1.47 bits per heavy atom. The molecule has 0 aliphatic carbocycles. The molecule has 0 spiro atoms. The Morgan fingerprint density at radius 1 is 0.867 bits per heavy atom. The Bertz CT molecular complexity index is 439. The fourth-order valence-electron chi connectivity index (χ4n) is 1.50. The SMILES string of the molecule is Oc1ccccc1C(Cl)c1ccccc1. The standard InChI is InChI=1S/C13H11ClO/c14-13(10-6-2-1-3-7-10)11-8-4-5-9-12(11)15/h1-9,13,15H. The van der Waals surface area contributed by atoms with Crippen LogP contribution >= 0.6 is 11.6 Å². The largest absolute Gasteiger partial charge is 0.508 e. The van der Waals surface area contributed by atoms with E-state index in [4.69, 9.17) is 11.6 Å². The summed E-state index contributed by atoms with van der Waals surface area (Å²) in [4.78, 5) is 0. The molecule has 15 heavy (non-hydrogen) atoms. The Balaban J connectivity index is 2.37. The number of para-hydroxylation sites is 1. The van der Waals surface area contributed by atoms with Crippen LogP contribution < -0.4 is 0 Å². The molecule has 1 unspecified atom stereocenters. The highest BCUT2D eigenvalue weighted by Gasteiger charge is 2.13. The molecule has 0 saturated carbocycles. The van der Waals surface area contributed by atoms with Gasteiger partial charge < -0.3 is 5.11 Å². The van der Waals surface area contributed by atoms with Crippen molar-refractivity contribution in [3.05, 3.63) is 65.7 Å². The molecule has 76 valence electrons. The van der Waals surface area contributed by atoms with Crippen LogP contribution in [0, 0.1) is 0 Å². The molecule has 0 heterocycles. The zero-order chi connectivity index (χ0) is 10.7. The van der Waals surface area contributed by atoms with Gasteiger partial charge in [-0.1, -0.05) is 48.5 Å². The molecule has 0 fully saturated rings. The van der Waals surface area contributed by atoms with E-state index < -0.39 is 0 Å². The van der Waals surface area contributed by atoms with Crippen LogP contribution in [-0.2, 0) is 0 Å². The van der Waals surface area contributed by atoms with E-state index >= 15 is 0 Å². The van der Waals surface area contributed by atoms with Crippen molar-refractivity contribution in [2.24, 2.45) is 0 Å². The molecule has 0 saturated heterocycles. The van der Waals surface area contributed by atoms with Crippen molar-refractivity contribution >= 4 is 11.6 Å². The van der Waals surface area contributed by atoms with Gasteiger partial charge in [-0.05, 0) is 11.6 Å². The average Bonchev–Trinajstić information content (AvgIpc) is 2.30. The summed E-state index contributed by atoms with van der Waals surface area (Å²) in [5.74, 6) is 0.237. The predicted octanol–water partition coefficient (Wildman–Crippen LogP) is 3.72. The van der Waals surface area contributed by atoms with Crippen molar-refractivity contribution < 1.29 is 5.11 Å². The number of hydrogen-bond acceptors (Lipinski definition) is 1. The molecule has 2 heteroatoms. The molecule has 2 aromatic rings. The fourth-order valence-corrected chi connectivity index (χ4v) is 1.83. The van der Waals surface area contributed by atoms with Crippen molar-refractivity contribution in [2.75, 3.05) is 0 Å². The first-order valence-electron chi connectivity index (χ1n) is 4.76. The minimum Gasteiger partial charge on any atom is -0.508 e. The zero-order valence-electron chi connectivity index (χ0n) is 8.10. The maximum absolute atomic E-state index is 9.66. The van der Waals surface area contributed by atoms with Gasteiger partial charge in [0.25, 0.3) is 0 Å². The van der Waals surface area contributed by atoms with Crippen LogP contribution in [0.15, 0.2) is 54.6 Å². The number of benzene rings is 2. The van der Waals surface area contributed by atoms with Crippen LogP contribution in [0.3, 0.4) is 0 Å². The molecule has 2 rings (SSSR count). The monoisotopic (exact) mass is 218 g/mol. The fraction of sp³-hybridized carbons (Fsp3) is 0.0769. The lowest BCUT2D eigenvalue weighted by molar-refractivity contribution is 0.469. The van der Waals surface area contributed by atoms with Gasteiger partial charge in [-0.2, -0.15) is 0 Å². The highest BCUT2D eigenvalue weighted by Crippen LogP contribution is 2.33. The van der Waals surface area contributed by atoms with Gasteiger partial charge in [-0.15, -0.1) is 11.6 Å². The quantitative estimate of drug-likeness (QED) is 0.762. The highest BCUT2D eigenvalue weighted by molar-refractivity contribution is 6.22. The molecule has 0 amide bonds. The average molecular weight is 219 g/mol. The minimum atomic E-state index is -0.299. The number of hydrogen-bond donors (Lipinski definition) is 1. The predicted molar refractivity (Wildman–Crippen MR) is 62.2 cm³/mol. The molecular formula is C13H11ClO. The van der Waals surface area contributed by atoms with Crippen molar-refractivity contribution in [1.29, 1.82) is 0 Å². The highest BCUT2D eigenvalue weighted by atomic mass is 35.5. The summed E-state index contributed by atoms with van der Waals surface area (Å²) in [6, 6.07) is 16.8. The van der Waals surface area contributed by atoms with Gasteiger partial charge in [0.05, 0.1) is 5.38 Å². The number of rotatable bonds is 2. The van der Waals surface area contributed by atoms with Gasteiger partial charge in [-0.25, -0.2) is 0 Å². The first-order chi connectivity index (χ1) is 7.29. The first-order valence-corrected chi connectivity index (χ1v) is 5.19. The molecule has 1 nitrogen and oxygen atoms in total. The van der Waals surface area contributed by atoms with Crippen LogP contribution in [0.4, 0.5) is 0 Å². The van der Waals surface area contributed by atoms with Crippen LogP contribution in [0.2, 0.25) is 0 Å². The lowest BCUT2D eigenvalue weighted by atomic mass is 10.0. The maximum atomic E-state index is 9.66. The van der Waals surface area contributed by atoms with Crippen molar-refractivity contribution in [1.82, 2.24) is 0 Å². The van der Waals surface area contributed by atoms with Crippen LogP contribution in [0.25, 0.3) is 0 Å². The smallest absolute Gasteiger partial charge is 0.120 e. The summed E-state index contributed by atoms with van der Waals surface area (Å²) < 4.78 is 0. The second-order valence-electron chi connectivity index (χ2n) is 3.33. The number of halogens is 1. The van der Waals surface area contributed by atoms with Gasteiger partial charge in [-0.3, -0.25) is 0 Å². The van der Waals surface area contributed by atoms with E-state index in [-0.39, 0.29) is 11.1 Å². The molecule has 0 radical (unpaired) electrons. The second-order valence-corrected chi connectivity index (χ2v) is 3.77. The third-order valence-electron chi connectivity index (χ3n) is 2.30. The molecule has 0 aliphatic rings. The molecule has 2 aromatic carbocycles. The van der Waals surface area contributed by atoms with Gasteiger partial charge in [0.1, 0.15) is 5.75 Å². The number of phenolic OH excluding ortho intramolecular Hbond substituents is 1. The second kappa shape index (κ2) is 4.37. The molecule has 0 bridgehead atoms. The number of phenols is 1. The Hall–Kier alpha value is -1.47. The van der Waals surface area contributed by atoms with E-state index in [9.17, 15) is 5.11 Å². The van der Waals surface area contributed by atoms with E-state index in [0.29, 0.717) is 0 Å². The van der Waals surface area contributed by atoms with Gasteiger partial charge in [0, 0.05) is 5.56 Å². The summed E-state index contributed by atoms with van der Waals surface area (Å²) in [6.45, 7) is 0. The van der Waals surface area contributed by atoms with Crippen LogP contribution in [0.5, 0.6) is 5.75 Å². The number of alkyl halides is 1. The summed E-state index contributed by atoms with van der Waals surface area (Å²) in [7, 11) is 0.